The molecular formula is C22H30N4O. The molecule has 0 atom stereocenters. The van der Waals surface area contributed by atoms with Gasteiger partial charge < -0.3 is 15.5 Å². The predicted molar refractivity (Wildman–Crippen MR) is 110 cm³/mol. The average Bonchev–Trinajstić information content (AvgIpc) is 2.69. The minimum atomic E-state index is 0.209. The number of carbonyl (C=O) groups excluding carboxylic acids is 1. The second-order valence-electron chi connectivity index (χ2n) is 7.36. The van der Waals surface area contributed by atoms with Crippen LogP contribution in [0, 0.1) is 0 Å². The van der Waals surface area contributed by atoms with Crippen molar-refractivity contribution in [1.29, 1.82) is 0 Å². The number of benzene rings is 2. The molecule has 0 bridgehead atoms. The Kier molecular flexibility index (Phi) is 6.85. The largest absolute Gasteiger partial charge is 0.399 e. The van der Waals surface area contributed by atoms with Gasteiger partial charge in [0.05, 0.1) is 6.42 Å². The molecule has 1 aliphatic rings. The van der Waals surface area contributed by atoms with Crippen LogP contribution < -0.4 is 5.73 Å². The highest BCUT2D eigenvalue weighted by molar-refractivity contribution is 5.79. The van der Waals surface area contributed by atoms with Crippen molar-refractivity contribution in [1.82, 2.24) is 14.7 Å². The second-order valence-corrected chi connectivity index (χ2v) is 7.36. The number of amides is 1. The fourth-order valence-electron chi connectivity index (χ4n) is 3.43. The molecule has 1 amide bonds. The molecule has 2 aromatic carbocycles. The Labute approximate surface area is 162 Å². The normalized spacial score (nSPS) is 15.3. The first-order chi connectivity index (χ1) is 13.1. The first kappa shape index (κ1) is 19.4. The van der Waals surface area contributed by atoms with E-state index in [0.717, 1.165) is 57.1 Å². The van der Waals surface area contributed by atoms with E-state index < -0.39 is 0 Å². The highest BCUT2D eigenvalue weighted by Crippen LogP contribution is 2.10. The van der Waals surface area contributed by atoms with Crippen LogP contribution in [0.4, 0.5) is 5.69 Å². The Morgan fingerprint density at radius 1 is 0.963 bits per heavy atom. The van der Waals surface area contributed by atoms with Crippen LogP contribution in [0.5, 0.6) is 0 Å². The average molecular weight is 367 g/mol. The van der Waals surface area contributed by atoms with Gasteiger partial charge in [-0.05, 0) is 30.3 Å². The van der Waals surface area contributed by atoms with Gasteiger partial charge in [0.1, 0.15) is 0 Å². The molecule has 1 heterocycles. The SMILES string of the molecule is CN(CCN1CCN(C(=O)Cc2ccc(N)cc2)CC1)Cc1ccccc1. The first-order valence-corrected chi connectivity index (χ1v) is 9.67. The number of anilines is 1. The van der Waals surface area contributed by atoms with Crippen LogP contribution in [0.1, 0.15) is 11.1 Å². The Morgan fingerprint density at radius 2 is 1.63 bits per heavy atom. The van der Waals surface area contributed by atoms with Gasteiger partial charge in [-0.15, -0.1) is 0 Å². The molecule has 0 aromatic heterocycles. The van der Waals surface area contributed by atoms with E-state index in [2.05, 4.69) is 47.2 Å². The lowest BCUT2D eigenvalue weighted by Gasteiger charge is -2.35. The summed E-state index contributed by atoms with van der Waals surface area (Å²) < 4.78 is 0. The summed E-state index contributed by atoms with van der Waals surface area (Å²) >= 11 is 0. The molecule has 27 heavy (non-hydrogen) atoms. The summed E-state index contributed by atoms with van der Waals surface area (Å²) in [7, 11) is 2.17. The van der Waals surface area contributed by atoms with E-state index in [1.54, 1.807) is 0 Å². The number of carbonyl (C=O) groups is 1. The quantitative estimate of drug-likeness (QED) is 0.763. The van der Waals surface area contributed by atoms with Crippen molar-refractivity contribution >= 4 is 11.6 Å². The number of piperazine rings is 1. The van der Waals surface area contributed by atoms with Gasteiger partial charge in [-0.1, -0.05) is 42.5 Å². The molecule has 1 fully saturated rings. The molecule has 2 N–H and O–H groups in total. The fourth-order valence-corrected chi connectivity index (χ4v) is 3.43. The number of nitrogens with zero attached hydrogens (tertiary/aromatic N) is 3. The van der Waals surface area contributed by atoms with Crippen molar-refractivity contribution in [2.75, 3.05) is 52.0 Å². The van der Waals surface area contributed by atoms with Gasteiger partial charge in [-0.3, -0.25) is 9.69 Å². The van der Waals surface area contributed by atoms with Gasteiger partial charge in [-0.25, -0.2) is 0 Å². The lowest BCUT2D eigenvalue weighted by molar-refractivity contribution is -0.132. The number of nitrogen functional groups attached to an aromatic ring is 1. The Hall–Kier alpha value is -2.37. The van der Waals surface area contributed by atoms with Crippen LogP contribution >= 0.6 is 0 Å². The monoisotopic (exact) mass is 366 g/mol. The molecule has 5 heteroatoms. The summed E-state index contributed by atoms with van der Waals surface area (Å²) in [6.07, 6.45) is 0.458. The maximum atomic E-state index is 12.5. The summed E-state index contributed by atoms with van der Waals surface area (Å²) in [5.41, 5.74) is 8.81. The topological polar surface area (TPSA) is 52.8 Å². The third-order valence-electron chi connectivity index (χ3n) is 5.15. The third kappa shape index (κ3) is 6.08. The smallest absolute Gasteiger partial charge is 0.227 e. The molecule has 1 aliphatic heterocycles. The third-order valence-corrected chi connectivity index (χ3v) is 5.15. The van der Waals surface area contributed by atoms with Crippen molar-refractivity contribution in [2.24, 2.45) is 0 Å². The van der Waals surface area contributed by atoms with Crippen molar-refractivity contribution in [3.63, 3.8) is 0 Å². The van der Waals surface area contributed by atoms with Crippen LogP contribution in [0.25, 0.3) is 0 Å². The molecule has 144 valence electrons. The Bertz CT molecular complexity index is 709. The van der Waals surface area contributed by atoms with E-state index in [-0.39, 0.29) is 5.91 Å². The molecule has 0 saturated carbocycles. The molecule has 3 rings (SSSR count). The lowest BCUT2D eigenvalue weighted by Crippen LogP contribution is -2.50. The van der Waals surface area contributed by atoms with Crippen LogP contribution in [0.15, 0.2) is 54.6 Å². The highest BCUT2D eigenvalue weighted by atomic mass is 16.2. The summed E-state index contributed by atoms with van der Waals surface area (Å²) in [6.45, 7) is 6.59. The summed E-state index contributed by atoms with van der Waals surface area (Å²) in [5, 5.41) is 0. The number of nitrogens with two attached hydrogens (primary N) is 1. The highest BCUT2D eigenvalue weighted by Gasteiger charge is 2.21. The van der Waals surface area contributed by atoms with Crippen molar-refractivity contribution in [3.8, 4) is 0 Å². The van der Waals surface area contributed by atoms with Crippen molar-refractivity contribution < 1.29 is 4.79 Å². The minimum Gasteiger partial charge on any atom is -0.399 e. The van der Waals surface area contributed by atoms with Crippen molar-refractivity contribution in [2.45, 2.75) is 13.0 Å². The number of likely N-dealkylation sites (N-methyl/N-ethyl adjacent to an activating group) is 1. The Balaban J connectivity index is 1.37. The van der Waals surface area contributed by atoms with Gasteiger partial charge in [0.15, 0.2) is 0 Å². The van der Waals surface area contributed by atoms with Gasteiger partial charge in [0, 0.05) is 51.5 Å². The van der Waals surface area contributed by atoms with E-state index in [0.29, 0.717) is 6.42 Å². The van der Waals surface area contributed by atoms with Crippen LogP contribution in [-0.2, 0) is 17.8 Å². The molecule has 1 saturated heterocycles. The fraction of sp³-hybridized carbons (Fsp3) is 0.409. The number of hydrogen-bond acceptors (Lipinski definition) is 4. The first-order valence-electron chi connectivity index (χ1n) is 9.67. The number of hydrogen-bond donors (Lipinski definition) is 1. The van der Waals surface area contributed by atoms with E-state index in [1.807, 2.05) is 29.2 Å². The minimum absolute atomic E-state index is 0.209. The standard InChI is InChI=1S/C22H30N4O/c1-24(18-20-5-3-2-4-6-20)11-12-25-13-15-26(16-14-25)22(27)17-19-7-9-21(23)10-8-19/h2-10H,11-18,23H2,1H3. The van der Waals surface area contributed by atoms with Gasteiger partial charge in [0.25, 0.3) is 0 Å². The zero-order valence-electron chi connectivity index (χ0n) is 16.2. The van der Waals surface area contributed by atoms with E-state index in [9.17, 15) is 4.79 Å². The molecule has 0 radical (unpaired) electrons. The van der Waals surface area contributed by atoms with E-state index >= 15 is 0 Å². The molecule has 2 aromatic rings. The molecule has 5 nitrogen and oxygen atoms in total. The van der Waals surface area contributed by atoms with Crippen LogP contribution in [0.3, 0.4) is 0 Å². The lowest BCUT2D eigenvalue weighted by atomic mass is 10.1. The van der Waals surface area contributed by atoms with Crippen LogP contribution in [-0.4, -0.2) is 66.9 Å². The summed E-state index contributed by atoms with van der Waals surface area (Å²) in [6, 6.07) is 18.1. The molecular weight excluding hydrogens is 336 g/mol. The zero-order chi connectivity index (χ0) is 19.1. The summed E-state index contributed by atoms with van der Waals surface area (Å²) in [5.74, 6) is 0.209. The maximum Gasteiger partial charge on any atom is 0.227 e. The molecule has 0 spiro atoms. The maximum absolute atomic E-state index is 12.5. The Morgan fingerprint density at radius 3 is 2.30 bits per heavy atom. The van der Waals surface area contributed by atoms with Gasteiger partial charge >= 0.3 is 0 Å². The molecule has 0 unspecified atom stereocenters. The summed E-state index contributed by atoms with van der Waals surface area (Å²) in [4.78, 5) is 19.3. The van der Waals surface area contributed by atoms with E-state index in [1.165, 1.54) is 5.56 Å². The van der Waals surface area contributed by atoms with Gasteiger partial charge in [0.2, 0.25) is 5.91 Å². The van der Waals surface area contributed by atoms with Crippen molar-refractivity contribution in [3.05, 3.63) is 65.7 Å². The number of rotatable bonds is 7. The van der Waals surface area contributed by atoms with E-state index in [4.69, 9.17) is 5.73 Å². The second kappa shape index (κ2) is 9.53. The predicted octanol–water partition coefficient (Wildman–Crippen LogP) is 2.09. The zero-order valence-corrected chi connectivity index (χ0v) is 16.2. The van der Waals surface area contributed by atoms with Crippen LogP contribution in [0.2, 0.25) is 0 Å². The molecule has 0 aliphatic carbocycles. The van der Waals surface area contributed by atoms with Gasteiger partial charge in [-0.2, -0.15) is 0 Å².